The van der Waals surface area contributed by atoms with Gasteiger partial charge >= 0.3 is 0 Å². The normalized spacial score (nSPS) is 12.0. The lowest BCUT2D eigenvalue weighted by atomic mass is 10.2. The molecule has 7 heteroatoms. The third-order valence-corrected chi connectivity index (χ3v) is 6.98. The Kier molecular flexibility index (Phi) is 5.56. The molecule has 0 bridgehead atoms. The second kappa shape index (κ2) is 7.02. The topological polar surface area (TPSA) is 58.2 Å². The Morgan fingerprint density at radius 1 is 1.10 bits per heavy atom. The van der Waals surface area contributed by atoms with E-state index in [4.69, 9.17) is 0 Å². The van der Waals surface area contributed by atoms with Crippen molar-refractivity contribution in [1.29, 1.82) is 0 Å². The highest BCUT2D eigenvalue weighted by atomic mass is 32.2. The Bertz CT molecular complexity index is 702. The summed E-state index contributed by atoms with van der Waals surface area (Å²) in [4.78, 5) is 1.30. The quantitative estimate of drug-likeness (QED) is 0.812. The zero-order valence-corrected chi connectivity index (χ0v) is 14.8. The molecule has 0 radical (unpaired) electrons. The van der Waals surface area contributed by atoms with Gasteiger partial charge in [-0.25, -0.2) is 13.1 Å². The molecular formula is C14H20N2O2S3. The van der Waals surface area contributed by atoms with Crippen molar-refractivity contribution in [2.75, 3.05) is 6.54 Å². The number of aryl methyl sites for hydroxylation is 2. The van der Waals surface area contributed by atoms with Gasteiger partial charge in [0.1, 0.15) is 4.90 Å². The van der Waals surface area contributed by atoms with E-state index >= 15 is 0 Å². The number of hydrogen-bond donors (Lipinski definition) is 2. The van der Waals surface area contributed by atoms with E-state index in [1.165, 1.54) is 11.3 Å². The molecule has 2 heterocycles. The number of sulfonamides is 1. The van der Waals surface area contributed by atoms with Crippen molar-refractivity contribution >= 4 is 32.7 Å². The van der Waals surface area contributed by atoms with E-state index < -0.39 is 10.0 Å². The van der Waals surface area contributed by atoms with E-state index in [2.05, 4.69) is 10.0 Å². The van der Waals surface area contributed by atoms with Crippen molar-refractivity contribution in [3.05, 3.63) is 37.7 Å². The van der Waals surface area contributed by atoms with Crippen LogP contribution in [0.25, 0.3) is 0 Å². The van der Waals surface area contributed by atoms with Crippen LogP contribution in [0.15, 0.2) is 21.0 Å². The second-order valence-electron chi connectivity index (χ2n) is 4.86. The van der Waals surface area contributed by atoms with Gasteiger partial charge in [0.2, 0.25) is 10.0 Å². The van der Waals surface area contributed by atoms with Gasteiger partial charge in [0.05, 0.1) is 0 Å². The zero-order chi connectivity index (χ0) is 15.5. The van der Waals surface area contributed by atoms with Crippen LogP contribution in [0.2, 0.25) is 0 Å². The number of nitrogens with one attached hydrogen (secondary N) is 2. The second-order valence-corrected chi connectivity index (χ2v) is 8.27. The molecule has 2 aromatic rings. The molecule has 0 aliphatic rings. The summed E-state index contributed by atoms with van der Waals surface area (Å²) < 4.78 is 27.9. The van der Waals surface area contributed by atoms with E-state index in [1.807, 2.05) is 36.9 Å². The summed E-state index contributed by atoms with van der Waals surface area (Å²) in [6.45, 7) is 7.59. The summed E-state index contributed by atoms with van der Waals surface area (Å²) in [6, 6.07) is 0. The van der Waals surface area contributed by atoms with Crippen LogP contribution >= 0.6 is 22.7 Å². The largest absolute Gasteiger partial charge is 0.312 e. The molecule has 0 saturated carbocycles. The third kappa shape index (κ3) is 3.92. The SMILES string of the molecule is CCNCc1scc(C)c1S(=O)(=O)NCc1cscc1C. The molecule has 0 fully saturated rings. The molecule has 0 spiro atoms. The summed E-state index contributed by atoms with van der Waals surface area (Å²) in [5.74, 6) is 0. The Morgan fingerprint density at radius 3 is 2.48 bits per heavy atom. The van der Waals surface area contributed by atoms with Gasteiger partial charge in [0.25, 0.3) is 0 Å². The Morgan fingerprint density at radius 2 is 1.86 bits per heavy atom. The summed E-state index contributed by atoms with van der Waals surface area (Å²) in [6.07, 6.45) is 0. The maximum atomic E-state index is 12.6. The maximum Gasteiger partial charge on any atom is 0.242 e. The highest BCUT2D eigenvalue weighted by molar-refractivity contribution is 7.89. The molecule has 2 aromatic heterocycles. The first-order valence-electron chi connectivity index (χ1n) is 6.74. The minimum absolute atomic E-state index is 0.341. The molecule has 21 heavy (non-hydrogen) atoms. The maximum absolute atomic E-state index is 12.6. The Balaban J connectivity index is 2.19. The van der Waals surface area contributed by atoms with E-state index in [0.717, 1.165) is 28.1 Å². The first-order valence-corrected chi connectivity index (χ1v) is 10.0. The molecule has 2 rings (SSSR count). The van der Waals surface area contributed by atoms with Gasteiger partial charge in [-0.05, 0) is 53.2 Å². The molecule has 4 nitrogen and oxygen atoms in total. The van der Waals surface area contributed by atoms with E-state index in [-0.39, 0.29) is 0 Å². The summed E-state index contributed by atoms with van der Waals surface area (Å²) in [5.41, 5.74) is 2.96. The fourth-order valence-electron chi connectivity index (χ4n) is 2.02. The molecule has 0 atom stereocenters. The molecule has 0 aromatic carbocycles. The number of rotatable bonds is 7. The van der Waals surface area contributed by atoms with Gasteiger partial charge in [0.15, 0.2) is 0 Å². The van der Waals surface area contributed by atoms with Crippen LogP contribution in [0.1, 0.15) is 28.5 Å². The lowest BCUT2D eigenvalue weighted by Crippen LogP contribution is -2.25. The summed E-state index contributed by atoms with van der Waals surface area (Å²) >= 11 is 3.08. The minimum Gasteiger partial charge on any atom is -0.312 e. The van der Waals surface area contributed by atoms with Gasteiger partial charge < -0.3 is 5.32 Å². The number of thiophene rings is 2. The molecule has 116 valence electrons. The fraction of sp³-hybridized carbons (Fsp3) is 0.429. The van der Waals surface area contributed by atoms with Crippen LogP contribution in [-0.4, -0.2) is 15.0 Å². The molecule has 0 amide bonds. The van der Waals surface area contributed by atoms with Crippen LogP contribution < -0.4 is 10.0 Å². The van der Waals surface area contributed by atoms with Gasteiger partial charge in [0, 0.05) is 18.0 Å². The zero-order valence-electron chi connectivity index (χ0n) is 12.4. The summed E-state index contributed by atoms with van der Waals surface area (Å²) in [7, 11) is -3.48. The molecule has 0 unspecified atom stereocenters. The lowest BCUT2D eigenvalue weighted by molar-refractivity contribution is 0.579. The first-order chi connectivity index (χ1) is 9.95. The van der Waals surface area contributed by atoms with Crippen molar-refractivity contribution < 1.29 is 8.42 Å². The molecule has 0 saturated heterocycles. The minimum atomic E-state index is -3.48. The predicted molar refractivity (Wildman–Crippen MR) is 89.5 cm³/mol. The van der Waals surface area contributed by atoms with Crippen LogP contribution in [0.3, 0.4) is 0 Å². The predicted octanol–water partition coefficient (Wildman–Crippen LogP) is 3.01. The van der Waals surface area contributed by atoms with E-state index in [1.54, 1.807) is 11.3 Å². The van der Waals surface area contributed by atoms with E-state index in [9.17, 15) is 8.42 Å². The average molecular weight is 345 g/mol. The van der Waals surface area contributed by atoms with Crippen molar-refractivity contribution in [3.8, 4) is 0 Å². The van der Waals surface area contributed by atoms with Crippen LogP contribution in [0, 0.1) is 13.8 Å². The van der Waals surface area contributed by atoms with Crippen molar-refractivity contribution in [2.24, 2.45) is 0 Å². The Labute approximate surface area is 134 Å². The lowest BCUT2D eigenvalue weighted by Gasteiger charge is -2.09. The molecule has 0 aliphatic carbocycles. The highest BCUT2D eigenvalue weighted by Gasteiger charge is 2.22. The van der Waals surface area contributed by atoms with Gasteiger partial charge in [-0.15, -0.1) is 11.3 Å². The first kappa shape index (κ1) is 16.6. The fourth-order valence-corrected chi connectivity index (χ4v) is 5.66. The van der Waals surface area contributed by atoms with Crippen molar-refractivity contribution in [2.45, 2.75) is 38.8 Å². The smallest absolute Gasteiger partial charge is 0.242 e. The summed E-state index contributed by atoms with van der Waals surface area (Å²) in [5, 5.41) is 9.10. The third-order valence-electron chi connectivity index (χ3n) is 3.21. The van der Waals surface area contributed by atoms with Crippen LogP contribution in [-0.2, 0) is 23.1 Å². The van der Waals surface area contributed by atoms with Crippen LogP contribution in [0.4, 0.5) is 0 Å². The molecular weight excluding hydrogens is 324 g/mol. The monoisotopic (exact) mass is 344 g/mol. The van der Waals surface area contributed by atoms with Gasteiger partial charge in [-0.1, -0.05) is 6.92 Å². The molecule has 0 aliphatic heterocycles. The van der Waals surface area contributed by atoms with Gasteiger partial charge in [-0.2, -0.15) is 11.3 Å². The van der Waals surface area contributed by atoms with Gasteiger partial charge in [-0.3, -0.25) is 0 Å². The van der Waals surface area contributed by atoms with Crippen molar-refractivity contribution in [1.82, 2.24) is 10.0 Å². The van der Waals surface area contributed by atoms with Crippen molar-refractivity contribution in [3.63, 3.8) is 0 Å². The van der Waals surface area contributed by atoms with E-state index in [0.29, 0.717) is 18.0 Å². The van der Waals surface area contributed by atoms with Crippen LogP contribution in [0.5, 0.6) is 0 Å². The molecule has 2 N–H and O–H groups in total. The number of hydrogen-bond acceptors (Lipinski definition) is 5. The highest BCUT2D eigenvalue weighted by Crippen LogP contribution is 2.27. The Hall–Kier alpha value is -0.730. The average Bonchev–Trinajstić information content (AvgIpc) is 3.00. The standard InChI is InChI=1S/C14H20N2O2S3/c1-4-15-6-13-14(11(3)8-20-13)21(17,18)16-5-12-9-19-7-10(12)2/h7-9,15-16H,4-6H2,1-3H3.